The molecule has 0 saturated carbocycles. The largest absolute Gasteiger partial charge is 0.505 e. The molecule has 0 spiro atoms. The number of hydrogen-bond donors (Lipinski definition) is 2. The van der Waals surface area contributed by atoms with Crippen LogP contribution in [0.2, 0.25) is 0 Å². The van der Waals surface area contributed by atoms with Gasteiger partial charge in [0.15, 0.2) is 5.75 Å². The van der Waals surface area contributed by atoms with E-state index in [1.165, 1.54) is 14.2 Å². The van der Waals surface area contributed by atoms with Crippen LogP contribution >= 0.6 is 0 Å². The second kappa shape index (κ2) is 10.0. The van der Waals surface area contributed by atoms with E-state index in [2.05, 4.69) is 15.5 Å². The predicted octanol–water partition coefficient (Wildman–Crippen LogP) is 6.79. The van der Waals surface area contributed by atoms with Crippen LogP contribution in [0.25, 0.3) is 10.8 Å². The van der Waals surface area contributed by atoms with E-state index < -0.39 is 5.91 Å². The number of azo groups is 1. The SMILES string of the molecule is CCc1ccccc1N=Nc1c(O)c(C(=O)Nc2cc(OC)ccc2OC)cc2ccccc12. The number of nitrogens with one attached hydrogen (secondary N) is 1. The second-order valence-corrected chi connectivity index (χ2v) is 7.55. The van der Waals surface area contributed by atoms with Crippen molar-refractivity contribution in [1.29, 1.82) is 0 Å². The summed E-state index contributed by atoms with van der Waals surface area (Å²) in [6, 6.07) is 21.8. The molecule has 1 amide bonds. The number of ether oxygens (including phenoxy) is 2. The Morgan fingerprint density at radius 2 is 1.71 bits per heavy atom. The van der Waals surface area contributed by atoms with Gasteiger partial charge in [-0.15, -0.1) is 5.11 Å². The molecule has 4 aromatic rings. The van der Waals surface area contributed by atoms with E-state index in [4.69, 9.17) is 9.47 Å². The standard InChI is InChI=1S/C27H25N3O4/c1-4-17-9-6-8-12-22(17)29-30-25-20-11-7-5-10-18(20)15-21(26(25)31)27(32)28-23-16-19(33-2)13-14-24(23)34-3/h5-16,31H,4H2,1-3H3,(H,28,32). The maximum absolute atomic E-state index is 13.2. The van der Waals surface area contributed by atoms with Gasteiger partial charge in [-0.25, -0.2) is 0 Å². The zero-order valence-electron chi connectivity index (χ0n) is 19.2. The van der Waals surface area contributed by atoms with Gasteiger partial charge in [-0.1, -0.05) is 49.4 Å². The van der Waals surface area contributed by atoms with Crippen LogP contribution in [0.5, 0.6) is 17.2 Å². The highest BCUT2D eigenvalue weighted by Crippen LogP contribution is 2.40. The van der Waals surface area contributed by atoms with Gasteiger partial charge in [0, 0.05) is 11.5 Å². The van der Waals surface area contributed by atoms with Gasteiger partial charge in [0.1, 0.15) is 17.2 Å². The van der Waals surface area contributed by atoms with E-state index in [0.717, 1.165) is 17.4 Å². The van der Waals surface area contributed by atoms with Gasteiger partial charge >= 0.3 is 0 Å². The van der Waals surface area contributed by atoms with Crippen molar-refractivity contribution >= 4 is 33.7 Å². The molecule has 0 aliphatic heterocycles. The quantitative estimate of drug-likeness (QED) is 0.300. The molecular formula is C27H25N3O4. The molecule has 34 heavy (non-hydrogen) atoms. The number of aromatic hydroxyl groups is 1. The molecule has 0 aromatic heterocycles. The third-order valence-electron chi connectivity index (χ3n) is 5.52. The Balaban J connectivity index is 1.78. The van der Waals surface area contributed by atoms with Crippen LogP contribution in [0.15, 0.2) is 83.0 Å². The normalized spacial score (nSPS) is 11.0. The number of phenolic OH excluding ortho intramolecular Hbond substituents is 1. The van der Waals surface area contributed by atoms with Crippen molar-refractivity contribution in [3.8, 4) is 17.2 Å². The number of rotatable bonds is 7. The van der Waals surface area contributed by atoms with Gasteiger partial charge in [-0.3, -0.25) is 4.79 Å². The lowest BCUT2D eigenvalue weighted by Gasteiger charge is -2.14. The van der Waals surface area contributed by atoms with Crippen molar-refractivity contribution in [1.82, 2.24) is 0 Å². The van der Waals surface area contributed by atoms with Gasteiger partial charge in [-0.05, 0) is 41.6 Å². The van der Waals surface area contributed by atoms with Gasteiger partial charge in [0.05, 0.1) is 31.2 Å². The topological polar surface area (TPSA) is 92.5 Å². The number of methoxy groups -OCH3 is 2. The first-order chi connectivity index (χ1) is 16.5. The Labute approximate surface area is 197 Å². The molecule has 4 rings (SSSR count). The lowest BCUT2D eigenvalue weighted by atomic mass is 10.0. The maximum Gasteiger partial charge on any atom is 0.259 e. The molecular weight excluding hydrogens is 430 g/mol. The fourth-order valence-electron chi connectivity index (χ4n) is 3.70. The fraction of sp³-hybridized carbons (Fsp3) is 0.148. The number of carbonyl (C=O) groups is 1. The number of phenols is 1. The number of fused-ring (bicyclic) bond motifs is 1. The minimum absolute atomic E-state index is 0.0706. The molecule has 7 heteroatoms. The Morgan fingerprint density at radius 1 is 0.941 bits per heavy atom. The number of aryl methyl sites for hydroxylation is 1. The first-order valence-corrected chi connectivity index (χ1v) is 10.8. The van der Waals surface area contributed by atoms with Crippen molar-refractivity contribution in [3.05, 3.63) is 83.9 Å². The second-order valence-electron chi connectivity index (χ2n) is 7.55. The maximum atomic E-state index is 13.2. The highest BCUT2D eigenvalue weighted by Gasteiger charge is 2.20. The summed E-state index contributed by atoms with van der Waals surface area (Å²) in [6.45, 7) is 2.04. The van der Waals surface area contributed by atoms with Crippen molar-refractivity contribution in [3.63, 3.8) is 0 Å². The summed E-state index contributed by atoms with van der Waals surface area (Å²) in [5.41, 5.74) is 2.46. The number of nitrogens with zero attached hydrogens (tertiary/aromatic N) is 2. The zero-order valence-corrected chi connectivity index (χ0v) is 19.2. The molecule has 0 aliphatic rings. The third-order valence-corrected chi connectivity index (χ3v) is 5.52. The molecule has 0 aliphatic carbocycles. The molecule has 0 radical (unpaired) electrons. The number of amides is 1. The van der Waals surface area contributed by atoms with Crippen LogP contribution in [-0.2, 0) is 6.42 Å². The third kappa shape index (κ3) is 4.54. The van der Waals surface area contributed by atoms with E-state index >= 15 is 0 Å². The summed E-state index contributed by atoms with van der Waals surface area (Å²) in [6.07, 6.45) is 0.798. The fourth-order valence-corrected chi connectivity index (χ4v) is 3.70. The molecule has 4 aromatic carbocycles. The summed E-state index contributed by atoms with van der Waals surface area (Å²) in [5, 5.41) is 24.1. The molecule has 0 atom stereocenters. The van der Waals surface area contributed by atoms with Crippen molar-refractivity contribution in [2.45, 2.75) is 13.3 Å². The molecule has 0 heterocycles. The van der Waals surface area contributed by atoms with E-state index in [-0.39, 0.29) is 17.0 Å². The lowest BCUT2D eigenvalue weighted by molar-refractivity contribution is 0.102. The van der Waals surface area contributed by atoms with E-state index in [0.29, 0.717) is 28.3 Å². The number of hydrogen-bond acceptors (Lipinski definition) is 6. The van der Waals surface area contributed by atoms with E-state index in [1.807, 2.05) is 55.5 Å². The van der Waals surface area contributed by atoms with E-state index in [9.17, 15) is 9.90 Å². The highest BCUT2D eigenvalue weighted by atomic mass is 16.5. The van der Waals surface area contributed by atoms with Crippen molar-refractivity contribution in [2.24, 2.45) is 10.2 Å². The molecule has 172 valence electrons. The predicted molar refractivity (Wildman–Crippen MR) is 133 cm³/mol. The first-order valence-electron chi connectivity index (χ1n) is 10.8. The average molecular weight is 456 g/mol. The molecule has 0 unspecified atom stereocenters. The summed E-state index contributed by atoms with van der Waals surface area (Å²) < 4.78 is 10.6. The summed E-state index contributed by atoms with van der Waals surface area (Å²) >= 11 is 0. The van der Waals surface area contributed by atoms with Gasteiger partial charge < -0.3 is 19.9 Å². The smallest absolute Gasteiger partial charge is 0.259 e. The summed E-state index contributed by atoms with van der Waals surface area (Å²) in [4.78, 5) is 13.2. The Hall–Kier alpha value is -4.39. The van der Waals surface area contributed by atoms with Crippen LogP contribution in [0.3, 0.4) is 0 Å². The highest BCUT2D eigenvalue weighted by molar-refractivity contribution is 6.12. The van der Waals surface area contributed by atoms with Gasteiger partial charge in [-0.2, -0.15) is 5.11 Å². The minimum Gasteiger partial charge on any atom is -0.505 e. The number of benzene rings is 4. The number of carbonyl (C=O) groups excluding carboxylic acids is 1. The van der Waals surface area contributed by atoms with Gasteiger partial charge in [0.25, 0.3) is 5.91 Å². The molecule has 0 bridgehead atoms. The average Bonchev–Trinajstić information content (AvgIpc) is 2.87. The van der Waals surface area contributed by atoms with Crippen LogP contribution in [0, 0.1) is 0 Å². The molecule has 2 N–H and O–H groups in total. The van der Waals surface area contributed by atoms with Gasteiger partial charge in [0.2, 0.25) is 0 Å². The van der Waals surface area contributed by atoms with E-state index in [1.54, 1.807) is 24.3 Å². The van der Waals surface area contributed by atoms with Crippen LogP contribution < -0.4 is 14.8 Å². The zero-order chi connectivity index (χ0) is 24.1. The molecule has 0 saturated heterocycles. The van der Waals surface area contributed by atoms with Crippen molar-refractivity contribution in [2.75, 3.05) is 19.5 Å². The summed E-state index contributed by atoms with van der Waals surface area (Å²) in [5.74, 6) is 0.254. The first kappa shape index (κ1) is 22.8. The Bertz CT molecular complexity index is 1380. The number of anilines is 1. The Kier molecular flexibility index (Phi) is 6.73. The van der Waals surface area contributed by atoms with Crippen LogP contribution in [0.4, 0.5) is 17.1 Å². The Morgan fingerprint density at radius 3 is 2.47 bits per heavy atom. The molecule has 7 nitrogen and oxygen atoms in total. The summed E-state index contributed by atoms with van der Waals surface area (Å²) in [7, 11) is 3.05. The molecule has 0 fully saturated rings. The lowest BCUT2D eigenvalue weighted by Crippen LogP contribution is -2.13. The van der Waals surface area contributed by atoms with Crippen LogP contribution in [-0.4, -0.2) is 25.2 Å². The minimum atomic E-state index is -0.514. The monoisotopic (exact) mass is 455 g/mol. The van der Waals surface area contributed by atoms with Crippen molar-refractivity contribution < 1.29 is 19.4 Å². The van der Waals surface area contributed by atoms with Crippen LogP contribution in [0.1, 0.15) is 22.8 Å².